The topological polar surface area (TPSA) is 112 Å². The van der Waals surface area contributed by atoms with Crippen LogP contribution in [-0.2, 0) is 32.6 Å². The summed E-state index contributed by atoms with van der Waals surface area (Å²) in [6.07, 6.45) is 7.80. The molecule has 9 nitrogen and oxygen atoms in total. The van der Waals surface area contributed by atoms with E-state index in [2.05, 4.69) is 15.0 Å². The van der Waals surface area contributed by atoms with Gasteiger partial charge in [-0.3, -0.25) is 9.78 Å². The summed E-state index contributed by atoms with van der Waals surface area (Å²) < 4.78 is 39.9. The van der Waals surface area contributed by atoms with E-state index in [1.54, 1.807) is 50.5 Å². The molecular weight excluding hydrogens is 516 g/mol. The van der Waals surface area contributed by atoms with Crippen molar-refractivity contribution in [2.75, 3.05) is 6.61 Å². The minimum atomic E-state index is -3.87. The first kappa shape index (κ1) is 27.9. The number of pyridine rings is 1. The number of hydrogen-bond donors (Lipinski definition) is 0. The summed E-state index contributed by atoms with van der Waals surface area (Å²) in [4.78, 5) is 23.6. The van der Waals surface area contributed by atoms with E-state index < -0.39 is 21.6 Å². The minimum Gasteiger partial charge on any atom is -0.489 e. The molecule has 0 aliphatic carbocycles. The second-order valence-corrected chi connectivity index (χ2v) is 11.5. The van der Waals surface area contributed by atoms with Gasteiger partial charge in [-0.2, -0.15) is 4.31 Å². The Kier molecular flexibility index (Phi) is 8.68. The Hall–Kier alpha value is -4.15. The molecule has 2 aromatic carbocycles. The lowest BCUT2D eigenvalue weighted by atomic mass is 10.1. The molecule has 4 rings (SSSR count). The van der Waals surface area contributed by atoms with E-state index >= 15 is 0 Å². The number of aromatic nitrogens is 3. The molecule has 10 heteroatoms. The van der Waals surface area contributed by atoms with Crippen LogP contribution < -0.4 is 4.74 Å². The van der Waals surface area contributed by atoms with Crippen molar-refractivity contribution in [2.45, 2.75) is 44.4 Å². The first-order chi connectivity index (χ1) is 18.6. The maximum Gasteiger partial charge on any atom is 0.303 e. The average Bonchev–Trinajstić information content (AvgIpc) is 2.92. The van der Waals surface area contributed by atoms with Crippen molar-refractivity contribution in [2.24, 2.45) is 0 Å². The molecule has 0 aliphatic heterocycles. The van der Waals surface area contributed by atoms with Crippen LogP contribution in [-0.4, -0.2) is 45.9 Å². The molecule has 39 heavy (non-hydrogen) atoms. The molecule has 0 aliphatic rings. The number of carbonyl (C=O) groups excluding carboxylic acids is 1. The van der Waals surface area contributed by atoms with Crippen LogP contribution in [0, 0.1) is 0 Å². The Morgan fingerprint density at radius 2 is 1.59 bits per heavy atom. The van der Waals surface area contributed by atoms with E-state index in [9.17, 15) is 13.2 Å². The van der Waals surface area contributed by atoms with E-state index in [1.165, 1.54) is 36.0 Å². The van der Waals surface area contributed by atoms with Crippen molar-refractivity contribution in [3.63, 3.8) is 0 Å². The monoisotopic (exact) mass is 546 g/mol. The largest absolute Gasteiger partial charge is 0.489 e. The molecular formula is C29H30N4O5S. The predicted molar refractivity (Wildman–Crippen MR) is 146 cm³/mol. The zero-order valence-electron chi connectivity index (χ0n) is 22.0. The van der Waals surface area contributed by atoms with E-state index in [0.717, 1.165) is 22.3 Å². The number of ether oxygens (including phenoxy) is 2. The highest BCUT2D eigenvalue weighted by molar-refractivity contribution is 7.89. The fourth-order valence-corrected chi connectivity index (χ4v) is 5.32. The second-order valence-electron chi connectivity index (χ2n) is 9.58. The first-order valence-corrected chi connectivity index (χ1v) is 13.7. The number of rotatable bonds is 11. The first-order valence-electron chi connectivity index (χ1n) is 12.3. The van der Waals surface area contributed by atoms with Crippen LogP contribution in [0.1, 0.15) is 31.9 Å². The van der Waals surface area contributed by atoms with Crippen molar-refractivity contribution in [1.29, 1.82) is 0 Å². The molecule has 0 fully saturated rings. The second kappa shape index (κ2) is 12.1. The predicted octanol–water partition coefficient (Wildman–Crippen LogP) is 4.65. The van der Waals surface area contributed by atoms with Gasteiger partial charge in [0.05, 0.1) is 0 Å². The van der Waals surface area contributed by atoms with Crippen LogP contribution in [0.15, 0.2) is 96.7 Å². The van der Waals surface area contributed by atoms with Crippen molar-refractivity contribution in [3.05, 3.63) is 103 Å². The van der Waals surface area contributed by atoms with Crippen molar-refractivity contribution < 1.29 is 22.7 Å². The average molecular weight is 547 g/mol. The molecule has 2 heterocycles. The highest BCUT2D eigenvalue weighted by Gasteiger charge is 2.26. The fourth-order valence-electron chi connectivity index (χ4n) is 3.94. The van der Waals surface area contributed by atoms with Gasteiger partial charge in [0.25, 0.3) is 0 Å². The normalized spacial score (nSPS) is 11.8. The smallest absolute Gasteiger partial charge is 0.303 e. The third-order valence-electron chi connectivity index (χ3n) is 5.74. The third kappa shape index (κ3) is 7.68. The lowest BCUT2D eigenvalue weighted by Crippen LogP contribution is -2.34. The van der Waals surface area contributed by atoms with Crippen LogP contribution in [0.5, 0.6) is 5.75 Å². The zero-order valence-corrected chi connectivity index (χ0v) is 22.8. The SMILES string of the molecule is CC(=O)OC(C)(C)COc1cccc(CN(Cc2ccc(-c3cncnc3)cc2)S(=O)(=O)c2cccnc2)c1. The maximum atomic E-state index is 13.7. The quantitative estimate of drug-likeness (QED) is 0.250. The number of sulfonamides is 1. The third-order valence-corrected chi connectivity index (χ3v) is 7.52. The summed E-state index contributed by atoms with van der Waals surface area (Å²) in [7, 11) is -3.87. The molecule has 4 aromatic rings. The van der Waals surface area contributed by atoms with Crippen molar-refractivity contribution in [3.8, 4) is 16.9 Å². The van der Waals surface area contributed by atoms with Crippen LogP contribution >= 0.6 is 0 Å². The van der Waals surface area contributed by atoms with Crippen LogP contribution in [0.25, 0.3) is 11.1 Å². The van der Waals surface area contributed by atoms with Gasteiger partial charge in [0.15, 0.2) is 0 Å². The highest BCUT2D eigenvalue weighted by Crippen LogP contribution is 2.25. The summed E-state index contributed by atoms with van der Waals surface area (Å²) in [6.45, 7) is 5.27. The number of nitrogens with zero attached hydrogens (tertiary/aromatic N) is 4. The fraction of sp³-hybridized carbons (Fsp3) is 0.241. The Balaban J connectivity index is 1.57. The van der Waals surface area contributed by atoms with E-state index in [1.807, 2.05) is 30.3 Å². The summed E-state index contributed by atoms with van der Waals surface area (Å²) in [5.41, 5.74) is 2.55. The standard InChI is InChI=1S/C29H30N4O5S/c1-22(34)38-29(2,3)20-37-27-7-4-6-24(14-27)19-33(39(35,36)28-8-5-13-30-17-28)18-23-9-11-25(12-10-23)26-15-31-21-32-16-26/h4-17,21H,18-20H2,1-3H3. The molecule has 0 N–H and O–H groups in total. The zero-order chi connectivity index (χ0) is 27.9. The van der Waals surface area contributed by atoms with E-state index in [-0.39, 0.29) is 24.6 Å². The molecule has 202 valence electrons. The van der Waals surface area contributed by atoms with Gasteiger partial charge in [-0.05, 0) is 54.8 Å². The van der Waals surface area contributed by atoms with Crippen molar-refractivity contribution in [1.82, 2.24) is 19.3 Å². The van der Waals surface area contributed by atoms with Crippen LogP contribution in [0.3, 0.4) is 0 Å². The number of carbonyl (C=O) groups is 1. The molecule has 0 atom stereocenters. The van der Waals surface area contributed by atoms with Gasteiger partial charge in [-0.1, -0.05) is 36.4 Å². The van der Waals surface area contributed by atoms with Gasteiger partial charge in [0.2, 0.25) is 10.0 Å². The number of hydrogen-bond acceptors (Lipinski definition) is 8. The number of benzene rings is 2. The van der Waals surface area contributed by atoms with E-state index in [0.29, 0.717) is 5.75 Å². The minimum absolute atomic E-state index is 0.107. The Labute approximate surface area is 228 Å². The van der Waals surface area contributed by atoms with Gasteiger partial charge in [0, 0.05) is 50.4 Å². The molecule has 0 unspecified atom stereocenters. The summed E-state index contributed by atoms with van der Waals surface area (Å²) in [5, 5.41) is 0. The Morgan fingerprint density at radius 3 is 2.26 bits per heavy atom. The summed E-state index contributed by atoms with van der Waals surface area (Å²) >= 11 is 0. The molecule has 0 saturated carbocycles. The summed E-state index contributed by atoms with van der Waals surface area (Å²) in [6, 6.07) is 18.0. The maximum absolute atomic E-state index is 13.7. The van der Waals surface area contributed by atoms with Crippen LogP contribution in [0.2, 0.25) is 0 Å². The molecule has 0 radical (unpaired) electrons. The van der Waals surface area contributed by atoms with Gasteiger partial charge in [0.1, 0.15) is 29.2 Å². The molecule has 2 aromatic heterocycles. The van der Waals surface area contributed by atoms with Gasteiger partial charge in [-0.15, -0.1) is 0 Å². The molecule has 0 bridgehead atoms. The Bertz CT molecular complexity index is 1500. The van der Waals surface area contributed by atoms with Crippen molar-refractivity contribution >= 4 is 16.0 Å². The van der Waals surface area contributed by atoms with Crippen LogP contribution in [0.4, 0.5) is 0 Å². The molecule has 0 amide bonds. The van der Waals surface area contributed by atoms with E-state index in [4.69, 9.17) is 9.47 Å². The highest BCUT2D eigenvalue weighted by atomic mass is 32.2. The van der Waals surface area contributed by atoms with Gasteiger partial charge in [-0.25, -0.2) is 18.4 Å². The number of esters is 1. The lowest BCUT2D eigenvalue weighted by molar-refractivity contribution is -0.156. The molecule has 0 spiro atoms. The summed E-state index contributed by atoms with van der Waals surface area (Å²) in [5.74, 6) is 0.152. The molecule has 0 saturated heterocycles. The van der Waals surface area contributed by atoms with Gasteiger partial charge < -0.3 is 9.47 Å². The van der Waals surface area contributed by atoms with Gasteiger partial charge >= 0.3 is 5.97 Å². The lowest BCUT2D eigenvalue weighted by Gasteiger charge is -2.25. The Morgan fingerprint density at radius 1 is 0.872 bits per heavy atom.